The Bertz CT molecular complexity index is 911. The summed E-state index contributed by atoms with van der Waals surface area (Å²) >= 11 is 0. The predicted molar refractivity (Wildman–Crippen MR) is 111 cm³/mol. The maximum absolute atomic E-state index is 12.6. The molecule has 1 heterocycles. The van der Waals surface area contributed by atoms with Crippen molar-refractivity contribution < 1.29 is 9.53 Å². The van der Waals surface area contributed by atoms with Crippen LogP contribution in [0.3, 0.4) is 0 Å². The molecule has 0 aliphatic heterocycles. The molecular weight excluding hydrogens is 378 g/mol. The van der Waals surface area contributed by atoms with Crippen LogP contribution in [-0.4, -0.2) is 27.2 Å². The Morgan fingerprint density at radius 3 is 2.54 bits per heavy atom. The first kappa shape index (κ1) is 21.4. The number of para-hydroxylation sites is 1. The molecule has 148 valence electrons. The Kier molecular flexibility index (Phi) is 7.54. The largest absolute Gasteiger partial charge is 0.480 e. The summed E-state index contributed by atoms with van der Waals surface area (Å²) in [5.74, 6) is 1.73. The number of anilines is 1. The van der Waals surface area contributed by atoms with E-state index in [1.807, 2.05) is 62.4 Å². The number of hydrogen-bond donors (Lipinski definition) is 3. The number of nitrogens with two attached hydrogens (primary N) is 1. The summed E-state index contributed by atoms with van der Waals surface area (Å²) in [5, 5.41) is 9.79. The molecule has 2 aromatic carbocycles. The zero-order chi connectivity index (χ0) is 19.2. The Morgan fingerprint density at radius 2 is 1.93 bits per heavy atom. The number of aromatic nitrogens is 3. The molecule has 0 saturated carbocycles. The zero-order valence-corrected chi connectivity index (χ0v) is 16.6. The van der Waals surface area contributed by atoms with E-state index in [-0.39, 0.29) is 18.3 Å². The molecule has 1 aromatic heterocycles. The lowest BCUT2D eigenvalue weighted by Crippen LogP contribution is -2.32. The van der Waals surface area contributed by atoms with Crippen LogP contribution in [0.5, 0.6) is 5.75 Å². The van der Waals surface area contributed by atoms with Gasteiger partial charge in [0.1, 0.15) is 11.6 Å². The first-order valence-electron chi connectivity index (χ1n) is 8.85. The first-order valence-corrected chi connectivity index (χ1v) is 8.85. The van der Waals surface area contributed by atoms with Crippen molar-refractivity contribution in [3.05, 3.63) is 59.9 Å². The summed E-state index contributed by atoms with van der Waals surface area (Å²) in [6, 6.07) is 15.0. The van der Waals surface area contributed by atoms with Crippen LogP contribution in [0.25, 0.3) is 11.4 Å². The fourth-order valence-corrected chi connectivity index (χ4v) is 2.61. The van der Waals surface area contributed by atoms with Crippen molar-refractivity contribution in [3.63, 3.8) is 0 Å². The fourth-order valence-electron chi connectivity index (χ4n) is 2.61. The average Bonchev–Trinajstić information content (AvgIpc) is 3.17. The van der Waals surface area contributed by atoms with Crippen molar-refractivity contribution >= 4 is 24.0 Å². The molecule has 0 radical (unpaired) electrons. The molecule has 0 fully saturated rings. The number of rotatable bonds is 7. The highest BCUT2D eigenvalue weighted by Crippen LogP contribution is 2.21. The number of carbonyl (C=O) groups excluding carboxylic acids is 1. The Hall–Kier alpha value is -2.90. The number of halogens is 1. The van der Waals surface area contributed by atoms with Crippen LogP contribution < -0.4 is 15.8 Å². The van der Waals surface area contributed by atoms with E-state index in [0.29, 0.717) is 30.3 Å². The van der Waals surface area contributed by atoms with E-state index in [2.05, 4.69) is 20.5 Å². The minimum absolute atomic E-state index is 0. The Labute approximate surface area is 170 Å². The van der Waals surface area contributed by atoms with Crippen molar-refractivity contribution in [2.45, 2.75) is 32.9 Å². The highest BCUT2D eigenvalue weighted by atomic mass is 35.5. The van der Waals surface area contributed by atoms with E-state index in [1.165, 1.54) is 0 Å². The zero-order valence-electron chi connectivity index (χ0n) is 15.8. The van der Waals surface area contributed by atoms with E-state index >= 15 is 0 Å². The monoisotopic (exact) mass is 401 g/mol. The third kappa shape index (κ3) is 5.09. The number of hydrogen-bond acceptors (Lipinski definition) is 5. The normalized spacial score (nSPS) is 11.4. The van der Waals surface area contributed by atoms with Crippen LogP contribution in [0.4, 0.5) is 5.69 Å². The SMILES string of the molecule is CCC(Oc1ccccc1C)C(=O)Nc1ccc(-c2n[nH]c(CN)n2)cc1.Cl. The van der Waals surface area contributed by atoms with E-state index in [4.69, 9.17) is 10.5 Å². The van der Waals surface area contributed by atoms with Crippen molar-refractivity contribution in [2.24, 2.45) is 5.73 Å². The second kappa shape index (κ2) is 9.87. The van der Waals surface area contributed by atoms with Gasteiger partial charge < -0.3 is 15.8 Å². The third-order valence-corrected chi connectivity index (χ3v) is 4.16. The molecule has 3 rings (SSSR count). The van der Waals surface area contributed by atoms with Gasteiger partial charge in [0, 0.05) is 11.3 Å². The Morgan fingerprint density at radius 1 is 1.21 bits per heavy atom. The third-order valence-electron chi connectivity index (χ3n) is 4.16. The topological polar surface area (TPSA) is 106 Å². The van der Waals surface area contributed by atoms with Crippen molar-refractivity contribution in [3.8, 4) is 17.1 Å². The molecule has 1 amide bonds. The van der Waals surface area contributed by atoms with Crippen molar-refractivity contribution in [2.75, 3.05) is 5.32 Å². The highest BCUT2D eigenvalue weighted by Gasteiger charge is 2.19. The summed E-state index contributed by atoms with van der Waals surface area (Å²) in [4.78, 5) is 16.9. The van der Waals surface area contributed by atoms with E-state index < -0.39 is 6.10 Å². The summed E-state index contributed by atoms with van der Waals surface area (Å²) in [6.07, 6.45) is 0.00279. The lowest BCUT2D eigenvalue weighted by molar-refractivity contribution is -0.122. The summed E-state index contributed by atoms with van der Waals surface area (Å²) in [5.41, 5.74) is 8.06. The first-order chi connectivity index (χ1) is 13.1. The number of carbonyl (C=O) groups is 1. The molecule has 0 bridgehead atoms. The van der Waals surface area contributed by atoms with Crippen LogP contribution in [0.1, 0.15) is 24.7 Å². The molecule has 0 aliphatic carbocycles. The summed E-state index contributed by atoms with van der Waals surface area (Å²) < 4.78 is 5.89. The van der Waals surface area contributed by atoms with Crippen LogP contribution in [0, 0.1) is 6.92 Å². The number of H-pyrrole nitrogens is 1. The highest BCUT2D eigenvalue weighted by molar-refractivity contribution is 5.94. The number of nitrogens with one attached hydrogen (secondary N) is 2. The number of aryl methyl sites for hydroxylation is 1. The van der Waals surface area contributed by atoms with Gasteiger partial charge in [0.2, 0.25) is 0 Å². The minimum atomic E-state index is -0.564. The molecule has 0 spiro atoms. The maximum atomic E-state index is 12.6. The van der Waals surface area contributed by atoms with Gasteiger partial charge in [-0.25, -0.2) is 4.98 Å². The van der Waals surface area contributed by atoms with Crippen LogP contribution >= 0.6 is 12.4 Å². The summed E-state index contributed by atoms with van der Waals surface area (Å²) in [7, 11) is 0. The smallest absolute Gasteiger partial charge is 0.265 e. The van der Waals surface area contributed by atoms with Gasteiger partial charge in [0.25, 0.3) is 5.91 Å². The average molecular weight is 402 g/mol. The van der Waals surface area contributed by atoms with Gasteiger partial charge in [-0.3, -0.25) is 9.89 Å². The predicted octanol–water partition coefficient (Wildman–Crippen LogP) is 3.46. The van der Waals surface area contributed by atoms with Gasteiger partial charge in [-0.05, 0) is 49.2 Å². The summed E-state index contributed by atoms with van der Waals surface area (Å²) in [6.45, 7) is 4.18. The van der Waals surface area contributed by atoms with Gasteiger partial charge in [0.05, 0.1) is 6.54 Å². The molecule has 1 unspecified atom stereocenters. The van der Waals surface area contributed by atoms with E-state index in [9.17, 15) is 4.79 Å². The van der Waals surface area contributed by atoms with Crippen LogP contribution in [0.2, 0.25) is 0 Å². The van der Waals surface area contributed by atoms with Gasteiger partial charge >= 0.3 is 0 Å². The molecule has 0 aliphatic rings. The standard InChI is InChI=1S/C20H23N5O2.ClH/c1-3-16(27-17-7-5-4-6-13(17)2)20(26)22-15-10-8-14(9-11-15)19-23-18(12-21)24-25-19;/h4-11,16H,3,12,21H2,1-2H3,(H,22,26)(H,23,24,25);1H. The van der Waals surface area contributed by atoms with E-state index in [0.717, 1.165) is 16.9 Å². The lowest BCUT2D eigenvalue weighted by atomic mass is 10.2. The molecule has 7 nitrogen and oxygen atoms in total. The number of amides is 1. The quantitative estimate of drug-likeness (QED) is 0.562. The molecule has 4 N–H and O–H groups in total. The second-order valence-electron chi connectivity index (χ2n) is 6.16. The van der Waals surface area contributed by atoms with Gasteiger partial charge in [-0.1, -0.05) is 25.1 Å². The van der Waals surface area contributed by atoms with Crippen molar-refractivity contribution in [1.29, 1.82) is 0 Å². The van der Waals surface area contributed by atoms with Crippen molar-refractivity contribution in [1.82, 2.24) is 15.2 Å². The van der Waals surface area contributed by atoms with Crippen LogP contribution in [-0.2, 0) is 11.3 Å². The molecular formula is C20H24ClN5O2. The van der Waals surface area contributed by atoms with Crippen LogP contribution in [0.15, 0.2) is 48.5 Å². The lowest BCUT2D eigenvalue weighted by Gasteiger charge is -2.18. The van der Waals surface area contributed by atoms with E-state index in [1.54, 1.807) is 0 Å². The molecule has 0 saturated heterocycles. The maximum Gasteiger partial charge on any atom is 0.265 e. The van der Waals surface area contributed by atoms with Gasteiger partial charge in [-0.15, -0.1) is 12.4 Å². The molecule has 3 aromatic rings. The molecule has 1 atom stereocenters. The number of ether oxygens (including phenoxy) is 1. The van der Waals surface area contributed by atoms with Gasteiger partial charge in [0.15, 0.2) is 11.9 Å². The molecule has 8 heteroatoms. The van der Waals surface area contributed by atoms with Gasteiger partial charge in [-0.2, -0.15) is 5.10 Å². The number of aromatic amines is 1. The Balaban J connectivity index is 0.00000280. The second-order valence-corrected chi connectivity index (χ2v) is 6.16. The minimum Gasteiger partial charge on any atom is -0.480 e. The number of nitrogens with zero attached hydrogens (tertiary/aromatic N) is 2. The fraction of sp³-hybridized carbons (Fsp3) is 0.250. The number of benzene rings is 2. The molecule has 28 heavy (non-hydrogen) atoms.